The quantitative estimate of drug-likeness (QED) is 0.301. The molecule has 194 valence electrons. The molecule has 0 radical (unpaired) electrons. The van der Waals surface area contributed by atoms with Gasteiger partial charge in [0, 0.05) is 11.1 Å². The number of hydrogen-bond donors (Lipinski definition) is 0. The van der Waals surface area contributed by atoms with Crippen LogP contribution in [0.4, 0.5) is 0 Å². The fraction of sp³-hybridized carbons (Fsp3) is 0.294. The molecule has 0 aliphatic heterocycles. The predicted octanol–water partition coefficient (Wildman–Crippen LogP) is 4.79. The Hall–Kier alpha value is -2.41. The van der Waals surface area contributed by atoms with Gasteiger partial charge in [-0.15, -0.1) is 0 Å². The highest BCUT2D eigenvalue weighted by Crippen LogP contribution is 2.58. The number of methoxy groups -OCH3 is 1. The molecule has 4 aromatic rings. The molecule has 0 aromatic heterocycles. The molecule has 37 heavy (non-hydrogen) atoms. The van der Waals surface area contributed by atoms with Crippen LogP contribution in [0.1, 0.15) is 58.2 Å². The van der Waals surface area contributed by atoms with Crippen LogP contribution < -0.4 is 37.6 Å². The lowest BCUT2D eigenvalue weighted by molar-refractivity contribution is -0.00000850. The minimum Gasteiger partial charge on any atom is -1.00 e. The highest BCUT2D eigenvalue weighted by Gasteiger charge is 2.46. The lowest BCUT2D eigenvalue weighted by Gasteiger charge is -2.32. The second-order valence-corrected chi connectivity index (χ2v) is 15.2. The van der Waals surface area contributed by atoms with Crippen molar-refractivity contribution in [2.75, 3.05) is 7.11 Å². The number of halogens is 1. The molecule has 0 atom stereocenters. The van der Waals surface area contributed by atoms with Crippen molar-refractivity contribution in [3.05, 3.63) is 120 Å². The Morgan fingerprint density at radius 3 is 1.16 bits per heavy atom. The monoisotopic (exact) mass is 574 g/mol. The number of ether oxygens (including phenoxy) is 1. The van der Waals surface area contributed by atoms with E-state index in [2.05, 4.69) is 145 Å². The highest BCUT2D eigenvalue weighted by atomic mass is 79.9. The van der Waals surface area contributed by atoms with E-state index in [1.165, 1.54) is 32.6 Å². The summed E-state index contributed by atoms with van der Waals surface area (Å²) in [7, 11) is -0.170. The van der Waals surface area contributed by atoms with Crippen LogP contribution in [0.3, 0.4) is 0 Å². The standard InChI is InChI=1S/C34H40OP.BrH/c1-33(2,3)30-23-26(24-31(32(30)35-7)34(4,5)6)25-36(27-17-11-8-12-18-27,28-19-13-9-14-20-28)29-21-15-10-16-22-29;/h8-24H,25H2,1-7H3;1H/q+1;/p-1. The summed E-state index contributed by atoms with van der Waals surface area (Å²) in [6.45, 7) is 13.7. The minimum absolute atomic E-state index is 0. The Labute approximate surface area is 235 Å². The SMILES string of the molecule is COc1c(C(C)(C)C)cc(C[P+](c2ccccc2)(c2ccccc2)c2ccccc2)cc1C(C)(C)C.[Br-]. The lowest BCUT2D eigenvalue weighted by Crippen LogP contribution is -3.00. The topological polar surface area (TPSA) is 9.23 Å². The summed E-state index contributed by atoms with van der Waals surface area (Å²) in [5.41, 5.74) is 3.86. The van der Waals surface area contributed by atoms with Gasteiger partial charge in [0.05, 0.1) is 13.3 Å². The van der Waals surface area contributed by atoms with Crippen molar-refractivity contribution in [3.8, 4) is 5.75 Å². The smallest absolute Gasteiger partial charge is 0.126 e. The molecule has 1 nitrogen and oxygen atoms in total. The first-order valence-electron chi connectivity index (χ1n) is 12.8. The third-order valence-electron chi connectivity index (χ3n) is 6.98. The van der Waals surface area contributed by atoms with E-state index >= 15 is 0 Å². The van der Waals surface area contributed by atoms with E-state index < -0.39 is 7.26 Å². The highest BCUT2D eigenvalue weighted by molar-refractivity contribution is 7.95. The van der Waals surface area contributed by atoms with Crippen LogP contribution in [0.5, 0.6) is 5.75 Å². The Morgan fingerprint density at radius 1 is 0.568 bits per heavy atom. The van der Waals surface area contributed by atoms with E-state index in [0.717, 1.165) is 11.9 Å². The van der Waals surface area contributed by atoms with Gasteiger partial charge in [0.2, 0.25) is 0 Å². The second kappa shape index (κ2) is 11.5. The number of rotatable bonds is 6. The second-order valence-electron chi connectivity index (χ2n) is 11.7. The van der Waals surface area contributed by atoms with Crippen molar-refractivity contribution in [1.29, 1.82) is 0 Å². The molecule has 0 fully saturated rings. The van der Waals surface area contributed by atoms with Crippen LogP contribution in [0.25, 0.3) is 0 Å². The summed E-state index contributed by atoms with van der Waals surface area (Å²) < 4.78 is 6.08. The molecule has 4 rings (SSSR count). The number of benzene rings is 4. The molecule has 0 amide bonds. The van der Waals surface area contributed by atoms with Crippen molar-refractivity contribution in [1.82, 2.24) is 0 Å². The summed E-state index contributed by atoms with van der Waals surface area (Å²) in [6.07, 6.45) is 0.960. The molecule has 0 saturated heterocycles. The molecule has 0 spiro atoms. The number of hydrogen-bond acceptors (Lipinski definition) is 1. The maximum Gasteiger partial charge on any atom is 0.126 e. The maximum atomic E-state index is 6.08. The largest absolute Gasteiger partial charge is 1.00 e. The van der Waals surface area contributed by atoms with Gasteiger partial charge in [-0.1, -0.05) is 96.1 Å². The fourth-order valence-electron chi connectivity index (χ4n) is 5.16. The zero-order chi connectivity index (χ0) is 26.0. The van der Waals surface area contributed by atoms with Gasteiger partial charge >= 0.3 is 0 Å². The first kappa shape index (κ1) is 29.2. The molecule has 0 aliphatic carbocycles. The zero-order valence-electron chi connectivity index (χ0n) is 23.3. The molecule has 0 bridgehead atoms. The van der Waals surface area contributed by atoms with Crippen molar-refractivity contribution in [2.24, 2.45) is 0 Å². The van der Waals surface area contributed by atoms with Crippen LogP contribution in [0.15, 0.2) is 103 Å². The summed E-state index contributed by atoms with van der Waals surface area (Å²) in [5.74, 6) is 1.03. The van der Waals surface area contributed by atoms with E-state index in [4.69, 9.17) is 4.74 Å². The van der Waals surface area contributed by atoms with Gasteiger partial charge < -0.3 is 21.7 Å². The molecule has 0 aliphatic rings. The van der Waals surface area contributed by atoms with Gasteiger partial charge in [-0.2, -0.15) is 0 Å². The van der Waals surface area contributed by atoms with Crippen LogP contribution in [0.2, 0.25) is 0 Å². The summed E-state index contributed by atoms with van der Waals surface area (Å²) in [6, 6.07) is 38.3. The first-order chi connectivity index (χ1) is 17.1. The molecular weight excluding hydrogens is 535 g/mol. The summed E-state index contributed by atoms with van der Waals surface area (Å²) >= 11 is 0. The van der Waals surface area contributed by atoms with E-state index in [9.17, 15) is 0 Å². The Bertz CT molecular complexity index is 1160. The van der Waals surface area contributed by atoms with Gasteiger partial charge in [-0.25, -0.2) is 0 Å². The van der Waals surface area contributed by atoms with Crippen molar-refractivity contribution >= 4 is 23.2 Å². The van der Waals surface area contributed by atoms with Crippen LogP contribution in [0, 0.1) is 0 Å². The van der Waals surface area contributed by atoms with Crippen molar-refractivity contribution in [3.63, 3.8) is 0 Å². The first-order valence-corrected chi connectivity index (χ1v) is 14.8. The van der Waals surface area contributed by atoms with Gasteiger partial charge in [0.15, 0.2) is 0 Å². The third kappa shape index (κ3) is 6.02. The Balaban J connectivity index is 0.00000380. The van der Waals surface area contributed by atoms with E-state index in [1.807, 2.05) is 7.11 Å². The lowest BCUT2D eigenvalue weighted by atomic mass is 9.78. The molecule has 0 saturated carbocycles. The average molecular weight is 576 g/mol. The van der Waals surface area contributed by atoms with Gasteiger partial charge in [-0.3, -0.25) is 0 Å². The van der Waals surface area contributed by atoms with Crippen LogP contribution >= 0.6 is 7.26 Å². The van der Waals surface area contributed by atoms with Gasteiger partial charge in [-0.05, 0) is 64.9 Å². The van der Waals surface area contributed by atoms with Crippen molar-refractivity contribution in [2.45, 2.75) is 58.5 Å². The zero-order valence-corrected chi connectivity index (χ0v) is 25.7. The molecule has 3 heteroatoms. The van der Waals surface area contributed by atoms with E-state index in [1.54, 1.807) is 0 Å². The third-order valence-corrected chi connectivity index (χ3v) is 11.4. The van der Waals surface area contributed by atoms with Crippen LogP contribution in [-0.2, 0) is 17.0 Å². The molecule has 0 N–H and O–H groups in total. The Kier molecular flexibility index (Phi) is 9.10. The predicted molar refractivity (Wildman–Crippen MR) is 159 cm³/mol. The van der Waals surface area contributed by atoms with E-state index in [0.29, 0.717) is 0 Å². The normalized spacial score (nSPS) is 12.1. The van der Waals surface area contributed by atoms with Crippen molar-refractivity contribution < 1.29 is 21.7 Å². The van der Waals surface area contributed by atoms with Gasteiger partial charge in [0.1, 0.15) is 28.9 Å². The molecule has 0 unspecified atom stereocenters. The van der Waals surface area contributed by atoms with E-state index in [-0.39, 0.29) is 27.8 Å². The molecular formula is C34H40BrOP. The maximum absolute atomic E-state index is 6.08. The summed E-state index contributed by atoms with van der Waals surface area (Å²) in [4.78, 5) is 0. The average Bonchev–Trinajstić information content (AvgIpc) is 2.87. The fourth-order valence-corrected chi connectivity index (χ4v) is 9.37. The summed E-state index contributed by atoms with van der Waals surface area (Å²) in [5, 5.41) is 4.23. The minimum atomic E-state index is -1.98. The van der Waals surface area contributed by atoms with Gasteiger partial charge in [0.25, 0.3) is 0 Å². The Morgan fingerprint density at radius 2 is 0.892 bits per heavy atom. The molecule has 0 heterocycles. The van der Waals surface area contributed by atoms with Crippen LogP contribution in [-0.4, -0.2) is 7.11 Å². The molecule has 4 aromatic carbocycles.